The molecule has 1 fully saturated rings. The van der Waals surface area contributed by atoms with Crippen LogP contribution < -0.4 is 4.83 Å². The molecule has 5 heteroatoms. The van der Waals surface area contributed by atoms with Crippen LogP contribution in [0.15, 0.2) is 34.3 Å². The second-order valence-corrected chi connectivity index (χ2v) is 6.83. The van der Waals surface area contributed by atoms with Gasteiger partial charge in [-0.15, -0.1) is 0 Å². The Morgan fingerprint density at radius 3 is 2.33 bits per heavy atom. The fourth-order valence-electron chi connectivity index (χ4n) is 1.58. The summed E-state index contributed by atoms with van der Waals surface area (Å²) in [6.45, 7) is 5.87. The van der Waals surface area contributed by atoms with Crippen LogP contribution in [0.2, 0.25) is 0 Å². The second kappa shape index (κ2) is 4.39. The van der Waals surface area contributed by atoms with Gasteiger partial charge >= 0.3 is 0 Å². The maximum Gasteiger partial charge on any atom is 0.276 e. The Hall–Kier alpha value is -1.36. The zero-order valence-electron chi connectivity index (χ0n) is 10.9. The lowest BCUT2D eigenvalue weighted by Crippen LogP contribution is -2.21. The molecule has 18 heavy (non-hydrogen) atoms. The highest BCUT2D eigenvalue weighted by Gasteiger charge is 2.40. The lowest BCUT2D eigenvalue weighted by atomic mass is 10.1. The lowest BCUT2D eigenvalue weighted by Gasteiger charge is -2.09. The molecule has 0 saturated heterocycles. The molecule has 0 amide bonds. The summed E-state index contributed by atoms with van der Waals surface area (Å²) in [5.41, 5.74) is 1.97. The molecular formula is C13H18N2O2S. The van der Waals surface area contributed by atoms with Crippen molar-refractivity contribution in [3.63, 3.8) is 0 Å². The van der Waals surface area contributed by atoms with Crippen molar-refractivity contribution < 1.29 is 8.42 Å². The van der Waals surface area contributed by atoms with Gasteiger partial charge in [0, 0.05) is 11.1 Å². The number of nitrogens with one attached hydrogen (secondary N) is 1. The fraction of sp³-hybridized carbons (Fsp3) is 0.462. The minimum absolute atomic E-state index is 0.0931. The average Bonchev–Trinajstić information content (AvgIpc) is 3.06. The number of hydrogen-bond donors (Lipinski definition) is 1. The second-order valence-electron chi connectivity index (χ2n) is 5.17. The molecule has 1 aromatic carbocycles. The maximum absolute atomic E-state index is 12.0. The molecule has 0 aromatic heterocycles. The molecule has 0 spiro atoms. The molecule has 1 aliphatic carbocycles. The summed E-state index contributed by atoms with van der Waals surface area (Å²) in [4.78, 5) is 2.54. The van der Waals surface area contributed by atoms with Crippen molar-refractivity contribution in [2.45, 2.75) is 38.5 Å². The predicted octanol–water partition coefficient (Wildman–Crippen LogP) is 2.45. The van der Waals surface area contributed by atoms with E-state index in [4.69, 9.17) is 0 Å². The maximum atomic E-state index is 12.0. The molecule has 1 N–H and O–H groups in total. The Labute approximate surface area is 108 Å². The van der Waals surface area contributed by atoms with Crippen LogP contribution in [0, 0.1) is 12.3 Å². The first-order chi connectivity index (χ1) is 8.33. The molecule has 0 aliphatic heterocycles. The highest BCUT2D eigenvalue weighted by molar-refractivity contribution is 7.89. The number of aryl methyl sites for hydroxylation is 1. The van der Waals surface area contributed by atoms with E-state index < -0.39 is 10.0 Å². The van der Waals surface area contributed by atoms with Gasteiger partial charge in [0.25, 0.3) is 10.0 Å². The highest BCUT2D eigenvalue weighted by atomic mass is 32.2. The van der Waals surface area contributed by atoms with E-state index in [1.807, 2.05) is 13.8 Å². The number of rotatable bonds is 4. The Morgan fingerprint density at radius 2 is 1.83 bits per heavy atom. The van der Waals surface area contributed by atoms with Gasteiger partial charge in [-0.05, 0) is 38.8 Å². The van der Waals surface area contributed by atoms with Crippen LogP contribution in [0.1, 0.15) is 32.3 Å². The van der Waals surface area contributed by atoms with Crippen LogP contribution in [0.4, 0.5) is 0 Å². The quantitative estimate of drug-likeness (QED) is 0.672. The van der Waals surface area contributed by atoms with E-state index in [0.29, 0.717) is 0 Å². The van der Waals surface area contributed by atoms with Crippen molar-refractivity contribution >= 4 is 15.7 Å². The molecular weight excluding hydrogens is 248 g/mol. The van der Waals surface area contributed by atoms with Crippen LogP contribution in [-0.2, 0) is 10.0 Å². The van der Waals surface area contributed by atoms with Crippen molar-refractivity contribution in [2.24, 2.45) is 10.5 Å². The highest BCUT2D eigenvalue weighted by Crippen LogP contribution is 2.46. The molecule has 0 bridgehead atoms. The number of sulfonamides is 1. The molecule has 1 aromatic rings. The molecule has 0 radical (unpaired) electrons. The first kappa shape index (κ1) is 13.1. The Kier molecular flexibility index (Phi) is 3.19. The summed E-state index contributed by atoms with van der Waals surface area (Å²) < 4.78 is 24.0. The van der Waals surface area contributed by atoms with Gasteiger partial charge in [-0.25, -0.2) is 4.83 Å². The molecule has 2 rings (SSSR count). The summed E-state index contributed by atoms with van der Waals surface area (Å²) in [6.07, 6.45) is 2.16. The van der Waals surface area contributed by atoms with E-state index >= 15 is 0 Å². The molecule has 1 saturated carbocycles. The molecule has 0 heterocycles. The summed E-state index contributed by atoms with van der Waals surface area (Å²) in [5, 5.41) is 4.01. The summed E-state index contributed by atoms with van der Waals surface area (Å²) in [7, 11) is -3.54. The zero-order chi connectivity index (χ0) is 13.4. The van der Waals surface area contributed by atoms with Gasteiger partial charge in [-0.3, -0.25) is 0 Å². The fourth-order valence-corrected chi connectivity index (χ4v) is 2.44. The summed E-state index contributed by atoms with van der Waals surface area (Å²) >= 11 is 0. The molecule has 1 aliphatic rings. The van der Waals surface area contributed by atoms with E-state index in [-0.39, 0.29) is 10.3 Å². The minimum atomic E-state index is -3.54. The van der Waals surface area contributed by atoms with Crippen molar-refractivity contribution in [1.82, 2.24) is 4.83 Å². The topological polar surface area (TPSA) is 58.5 Å². The van der Waals surface area contributed by atoms with Crippen molar-refractivity contribution in [3.8, 4) is 0 Å². The SMILES string of the molecule is C/C(=N\NS(=O)(=O)c1ccc(C)cc1)C1(C)CC1. The van der Waals surface area contributed by atoms with Crippen molar-refractivity contribution in [2.75, 3.05) is 0 Å². The zero-order valence-corrected chi connectivity index (χ0v) is 11.7. The third-order valence-corrected chi connectivity index (χ3v) is 4.76. The van der Waals surface area contributed by atoms with Crippen LogP contribution in [-0.4, -0.2) is 14.1 Å². The van der Waals surface area contributed by atoms with Gasteiger partial charge in [0.2, 0.25) is 0 Å². The lowest BCUT2D eigenvalue weighted by molar-refractivity contribution is 0.583. The van der Waals surface area contributed by atoms with Gasteiger partial charge in [0.05, 0.1) is 4.90 Å². The number of hydrazone groups is 1. The van der Waals surface area contributed by atoms with Gasteiger partial charge in [-0.1, -0.05) is 24.6 Å². The van der Waals surface area contributed by atoms with E-state index in [1.165, 1.54) is 0 Å². The number of benzene rings is 1. The Balaban J connectivity index is 2.15. The predicted molar refractivity (Wildman–Crippen MR) is 72.0 cm³/mol. The van der Waals surface area contributed by atoms with E-state index in [1.54, 1.807) is 24.3 Å². The van der Waals surface area contributed by atoms with E-state index in [0.717, 1.165) is 24.1 Å². The normalized spacial score (nSPS) is 18.5. The molecule has 98 valence electrons. The van der Waals surface area contributed by atoms with Gasteiger partial charge in [-0.2, -0.15) is 13.5 Å². The minimum Gasteiger partial charge on any atom is -0.200 e. The van der Waals surface area contributed by atoms with Crippen LogP contribution >= 0.6 is 0 Å². The largest absolute Gasteiger partial charge is 0.276 e. The van der Waals surface area contributed by atoms with E-state index in [9.17, 15) is 8.42 Å². The first-order valence-corrected chi connectivity index (χ1v) is 7.45. The number of hydrogen-bond acceptors (Lipinski definition) is 3. The smallest absolute Gasteiger partial charge is 0.200 e. The van der Waals surface area contributed by atoms with Crippen molar-refractivity contribution in [3.05, 3.63) is 29.8 Å². The van der Waals surface area contributed by atoms with Crippen LogP contribution in [0.3, 0.4) is 0 Å². The molecule has 0 atom stereocenters. The van der Waals surface area contributed by atoms with Gasteiger partial charge in [0.15, 0.2) is 0 Å². The van der Waals surface area contributed by atoms with Crippen LogP contribution in [0.25, 0.3) is 0 Å². The molecule has 0 unspecified atom stereocenters. The van der Waals surface area contributed by atoms with Gasteiger partial charge in [0.1, 0.15) is 0 Å². The molecule has 4 nitrogen and oxygen atoms in total. The third-order valence-electron chi connectivity index (χ3n) is 3.54. The third kappa shape index (κ3) is 2.72. The Morgan fingerprint density at radius 1 is 1.28 bits per heavy atom. The Bertz CT molecular complexity index is 570. The van der Waals surface area contributed by atoms with Gasteiger partial charge < -0.3 is 0 Å². The summed E-state index contributed by atoms with van der Waals surface area (Å²) in [5.74, 6) is 0. The average molecular weight is 266 g/mol. The van der Waals surface area contributed by atoms with Crippen LogP contribution in [0.5, 0.6) is 0 Å². The number of nitrogens with zero attached hydrogens (tertiary/aromatic N) is 1. The van der Waals surface area contributed by atoms with E-state index in [2.05, 4.69) is 16.9 Å². The standard InChI is InChI=1S/C13H18N2O2S/c1-10-4-6-12(7-5-10)18(16,17)15-14-11(2)13(3)8-9-13/h4-7,15H,8-9H2,1-3H3/b14-11+. The first-order valence-electron chi connectivity index (χ1n) is 5.97. The monoisotopic (exact) mass is 266 g/mol. The summed E-state index contributed by atoms with van der Waals surface area (Å²) in [6, 6.07) is 6.71. The van der Waals surface area contributed by atoms with Crippen molar-refractivity contribution in [1.29, 1.82) is 0 Å².